The summed E-state index contributed by atoms with van der Waals surface area (Å²) in [6.07, 6.45) is 1.80. The van der Waals surface area contributed by atoms with E-state index in [1.807, 2.05) is 39.0 Å². The molecule has 0 radical (unpaired) electrons. The van der Waals surface area contributed by atoms with E-state index in [0.717, 1.165) is 23.4 Å². The zero-order chi connectivity index (χ0) is 18.2. The number of nitrogens with one attached hydrogen (secondary N) is 2. The number of guanidine groups is 1. The Hall–Kier alpha value is -1.03. The van der Waals surface area contributed by atoms with Crippen molar-refractivity contribution in [2.75, 3.05) is 25.7 Å². The lowest BCUT2D eigenvalue weighted by molar-refractivity contribution is 0.411. The number of methoxy groups -OCH3 is 1. The molecule has 0 aliphatic heterocycles. The molecule has 8 heteroatoms. The lowest BCUT2D eigenvalue weighted by Gasteiger charge is -2.17. The molecule has 0 saturated carbocycles. The van der Waals surface area contributed by atoms with Crippen LogP contribution in [0.3, 0.4) is 0 Å². The number of benzene rings is 1. The van der Waals surface area contributed by atoms with Crippen LogP contribution in [-0.4, -0.2) is 46.1 Å². The van der Waals surface area contributed by atoms with Crippen molar-refractivity contribution in [3.8, 4) is 5.75 Å². The van der Waals surface area contributed by atoms with Gasteiger partial charge in [-0.15, -0.1) is 24.0 Å². The van der Waals surface area contributed by atoms with Crippen molar-refractivity contribution in [1.29, 1.82) is 0 Å². The average molecular weight is 483 g/mol. The van der Waals surface area contributed by atoms with Gasteiger partial charge in [-0.05, 0) is 44.4 Å². The molecule has 0 amide bonds. The minimum absolute atomic E-state index is 0. The van der Waals surface area contributed by atoms with Crippen LogP contribution >= 0.6 is 24.0 Å². The Bertz CT molecular complexity index is 663. The van der Waals surface area contributed by atoms with Gasteiger partial charge >= 0.3 is 0 Å². The Labute approximate surface area is 168 Å². The predicted octanol–water partition coefficient (Wildman–Crippen LogP) is 2.50. The van der Waals surface area contributed by atoms with Crippen LogP contribution in [0.1, 0.15) is 31.4 Å². The van der Waals surface area contributed by atoms with Crippen molar-refractivity contribution in [3.05, 3.63) is 29.3 Å². The van der Waals surface area contributed by atoms with Crippen LogP contribution < -0.4 is 15.4 Å². The molecule has 1 aromatic rings. The summed E-state index contributed by atoms with van der Waals surface area (Å²) in [6, 6.07) is 6.04. The first-order valence-corrected chi connectivity index (χ1v) is 10.2. The highest BCUT2D eigenvalue weighted by Crippen LogP contribution is 2.19. The lowest BCUT2D eigenvalue weighted by Crippen LogP contribution is -2.42. The molecule has 6 nitrogen and oxygen atoms in total. The molecule has 144 valence electrons. The number of nitrogens with zero attached hydrogens (tertiary/aromatic N) is 1. The standard InChI is InChI=1S/C17H29N3O3S.HI/c1-6-18-17(20-14(3)9-10-24(5,21)22)19-12-15-8-7-13(2)16(11-15)23-4;/h7-8,11,14H,6,9-10,12H2,1-5H3,(H2,18,19,20);1H. The molecule has 1 aromatic carbocycles. The predicted molar refractivity (Wildman–Crippen MR) is 115 cm³/mol. The molecule has 25 heavy (non-hydrogen) atoms. The summed E-state index contributed by atoms with van der Waals surface area (Å²) in [7, 11) is -1.29. The molecular weight excluding hydrogens is 453 g/mol. The summed E-state index contributed by atoms with van der Waals surface area (Å²) < 4.78 is 27.9. The van der Waals surface area contributed by atoms with E-state index in [2.05, 4.69) is 15.6 Å². The molecule has 0 aliphatic carbocycles. The van der Waals surface area contributed by atoms with Gasteiger partial charge in [0.2, 0.25) is 0 Å². The third-order valence-corrected chi connectivity index (χ3v) is 4.52. The quantitative estimate of drug-likeness (QED) is 0.338. The van der Waals surface area contributed by atoms with Gasteiger partial charge < -0.3 is 15.4 Å². The van der Waals surface area contributed by atoms with E-state index in [1.165, 1.54) is 6.26 Å². The Balaban J connectivity index is 0.00000576. The van der Waals surface area contributed by atoms with Crippen LogP contribution in [0, 0.1) is 6.92 Å². The van der Waals surface area contributed by atoms with Gasteiger partial charge in [-0.25, -0.2) is 13.4 Å². The normalized spacial score (nSPS) is 12.9. The van der Waals surface area contributed by atoms with Crippen molar-refractivity contribution < 1.29 is 13.2 Å². The van der Waals surface area contributed by atoms with Crippen molar-refractivity contribution in [2.45, 2.75) is 39.8 Å². The largest absolute Gasteiger partial charge is 0.496 e. The molecule has 0 heterocycles. The van der Waals surface area contributed by atoms with Crippen LogP contribution in [-0.2, 0) is 16.4 Å². The molecule has 0 fully saturated rings. The van der Waals surface area contributed by atoms with Gasteiger partial charge in [0.25, 0.3) is 0 Å². The second-order valence-corrected chi connectivity index (χ2v) is 8.22. The summed E-state index contributed by atoms with van der Waals surface area (Å²) in [4.78, 5) is 4.56. The minimum atomic E-state index is -2.95. The smallest absolute Gasteiger partial charge is 0.191 e. The second kappa shape index (κ2) is 11.6. The Morgan fingerprint density at radius 2 is 2.04 bits per heavy atom. The first kappa shape index (κ1) is 24.0. The van der Waals surface area contributed by atoms with Crippen LogP contribution in [0.5, 0.6) is 5.75 Å². The van der Waals surface area contributed by atoms with Crippen LogP contribution in [0.4, 0.5) is 0 Å². The number of halogens is 1. The van der Waals surface area contributed by atoms with E-state index in [9.17, 15) is 8.42 Å². The van der Waals surface area contributed by atoms with Gasteiger partial charge in [-0.2, -0.15) is 0 Å². The van der Waals surface area contributed by atoms with Gasteiger partial charge in [0, 0.05) is 18.8 Å². The number of aliphatic imine (C=N–C) groups is 1. The van der Waals surface area contributed by atoms with E-state index < -0.39 is 9.84 Å². The maximum absolute atomic E-state index is 11.3. The number of ether oxygens (including phenoxy) is 1. The Morgan fingerprint density at radius 1 is 1.36 bits per heavy atom. The highest BCUT2D eigenvalue weighted by molar-refractivity contribution is 14.0. The average Bonchev–Trinajstić information content (AvgIpc) is 2.51. The number of hydrogen-bond acceptors (Lipinski definition) is 4. The molecule has 0 aromatic heterocycles. The molecule has 0 spiro atoms. The van der Waals surface area contributed by atoms with Crippen LogP contribution in [0.2, 0.25) is 0 Å². The number of rotatable bonds is 8. The summed E-state index contributed by atoms with van der Waals surface area (Å²) in [5, 5.41) is 6.42. The minimum Gasteiger partial charge on any atom is -0.496 e. The fourth-order valence-electron chi connectivity index (χ4n) is 2.15. The van der Waals surface area contributed by atoms with Crippen molar-refractivity contribution in [2.24, 2.45) is 4.99 Å². The zero-order valence-corrected chi connectivity index (χ0v) is 18.8. The number of aryl methyl sites for hydroxylation is 1. The van der Waals surface area contributed by atoms with E-state index in [0.29, 0.717) is 18.9 Å². The number of sulfone groups is 1. The van der Waals surface area contributed by atoms with Crippen molar-refractivity contribution in [1.82, 2.24) is 10.6 Å². The second-order valence-electron chi connectivity index (χ2n) is 5.96. The SMILES string of the molecule is CCNC(=NCc1ccc(C)c(OC)c1)NC(C)CCS(C)(=O)=O.I. The van der Waals surface area contributed by atoms with E-state index in [4.69, 9.17) is 4.74 Å². The Morgan fingerprint density at radius 3 is 2.60 bits per heavy atom. The molecule has 1 atom stereocenters. The molecule has 0 saturated heterocycles. The third kappa shape index (κ3) is 9.88. The molecule has 1 rings (SSSR count). The maximum atomic E-state index is 11.3. The summed E-state index contributed by atoms with van der Waals surface area (Å²) in [5.74, 6) is 1.69. The monoisotopic (exact) mass is 483 g/mol. The Kier molecular flexibility index (Phi) is 11.1. The first-order valence-electron chi connectivity index (χ1n) is 8.11. The van der Waals surface area contributed by atoms with Gasteiger partial charge in [0.05, 0.1) is 19.4 Å². The highest BCUT2D eigenvalue weighted by Gasteiger charge is 2.09. The fourth-order valence-corrected chi connectivity index (χ4v) is 2.93. The maximum Gasteiger partial charge on any atom is 0.191 e. The van der Waals surface area contributed by atoms with Gasteiger partial charge in [0.15, 0.2) is 5.96 Å². The van der Waals surface area contributed by atoms with Crippen molar-refractivity contribution in [3.63, 3.8) is 0 Å². The van der Waals surface area contributed by atoms with Gasteiger partial charge in [0.1, 0.15) is 15.6 Å². The topological polar surface area (TPSA) is 79.8 Å². The lowest BCUT2D eigenvalue weighted by atomic mass is 10.1. The fraction of sp³-hybridized carbons (Fsp3) is 0.588. The van der Waals surface area contributed by atoms with Gasteiger partial charge in [-0.1, -0.05) is 12.1 Å². The molecular formula is C17H30IN3O3S. The van der Waals surface area contributed by atoms with E-state index >= 15 is 0 Å². The van der Waals surface area contributed by atoms with Crippen LogP contribution in [0.25, 0.3) is 0 Å². The first-order chi connectivity index (χ1) is 11.2. The summed E-state index contributed by atoms with van der Waals surface area (Å²) >= 11 is 0. The number of hydrogen-bond donors (Lipinski definition) is 2. The summed E-state index contributed by atoms with van der Waals surface area (Å²) in [5.41, 5.74) is 2.14. The third-order valence-electron chi connectivity index (χ3n) is 3.54. The van der Waals surface area contributed by atoms with E-state index in [-0.39, 0.29) is 35.8 Å². The molecule has 1 unspecified atom stereocenters. The molecule has 0 bridgehead atoms. The van der Waals surface area contributed by atoms with E-state index in [1.54, 1.807) is 7.11 Å². The van der Waals surface area contributed by atoms with Crippen LogP contribution in [0.15, 0.2) is 23.2 Å². The van der Waals surface area contributed by atoms with Gasteiger partial charge in [-0.3, -0.25) is 0 Å². The van der Waals surface area contributed by atoms with Crippen molar-refractivity contribution >= 4 is 39.8 Å². The highest BCUT2D eigenvalue weighted by atomic mass is 127. The summed E-state index contributed by atoms with van der Waals surface area (Å²) in [6.45, 7) is 7.20. The zero-order valence-electron chi connectivity index (χ0n) is 15.6. The molecule has 0 aliphatic rings. The molecule has 2 N–H and O–H groups in total.